The first-order valence-corrected chi connectivity index (χ1v) is 11.0. The normalized spacial score (nSPS) is 23.3. The Balaban J connectivity index is 1.82. The van der Waals surface area contributed by atoms with Crippen molar-refractivity contribution in [3.8, 4) is 0 Å². The third-order valence-electron chi connectivity index (χ3n) is 5.99. The number of methoxy groups -OCH3 is 1. The van der Waals surface area contributed by atoms with E-state index in [0.717, 1.165) is 11.1 Å². The van der Waals surface area contributed by atoms with E-state index < -0.39 is 17.8 Å². The van der Waals surface area contributed by atoms with Crippen molar-refractivity contribution in [2.24, 2.45) is 10.9 Å². The third-order valence-corrected chi connectivity index (χ3v) is 6.98. The van der Waals surface area contributed by atoms with E-state index in [9.17, 15) is 9.59 Å². The van der Waals surface area contributed by atoms with Crippen molar-refractivity contribution in [2.75, 3.05) is 7.11 Å². The first kappa shape index (κ1) is 22.1. The highest BCUT2D eigenvalue weighted by Crippen LogP contribution is 2.47. The topological polar surface area (TPSA) is 55.7 Å². The van der Waals surface area contributed by atoms with Crippen LogP contribution in [0.2, 0.25) is 15.1 Å². The zero-order chi connectivity index (χ0) is 22.3. The lowest BCUT2D eigenvalue weighted by molar-refractivity contribution is -0.143. The van der Waals surface area contributed by atoms with Gasteiger partial charge in [-0.15, -0.1) is 0 Å². The Bertz CT molecular complexity index is 1120. The van der Waals surface area contributed by atoms with Gasteiger partial charge in [0.15, 0.2) is 5.78 Å². The number of allylic oxidation sites excluding steroid dienone is 2. The van der Waals surface area contributed by atoms with Crippen LogP contribution in [0.1, 0.15) is 42.7 Å². The van der Waals surface area contributed by atoms with Crippen LogP contribution in [-0.2, 0) is 14.3 Å². The highest BCUT2D eigenvalue weighted by atomic mass is 35.5. The van der Waals surface area contributed by atoms with Crippen molar-refractivity contribution in [2.45, 2.75) is 31.6 Å². The molecular formula is C24H20Cl3NO3. The fraction of sp³-hybridized carbons (Fsp3) is 0.292. The number of hydrogen-bond donors (Lipinski definition) is 0. The fourth-order valence-corrected chi connectivity index (χ4v) is 4.96. The van der Waals surface area contributed by atoms with Gasteiger partial charge in [-0.05, 0) is 54.7 Å². The second-order valence-corrected chi connectivity index (χ2v) is 9.10. The molecule has 2 aromatic rings. The Morgan fingerprint density at radius 3 is 2.32 bits per heavy atom. The second kappa shape index (κ2) is 8.78. The van der Waals surface area contributed by atoms with Gasteiger partial charge in [-0.25, -0.2) is 0 Å². The van der Waals surface area contributed by atoms with E-state index in [-0.39, 0.29) is 11.7 Å². The summed E-state index contributed by atoms with van der Waals surface area (Å²) in [5.41, 5.74) is 3.67. The number of hydrogen-bond acceptors (Lipinski definition) is 4. The van der Waals surface area contributed by atoms with E-state index in [0.29, 0.717) is 44.9 Å². The average molecular weight is 477 g/mol. The van der Waals surface area contributed by atoms with E-state index in [1.807, 2.05) is 24.3 Å². The molecule has 0 radical (unpaired) electrons. The average Bonchev–Trinajstić information content (AvgIpc) is 2.74. The summed E-state index contributed by atoms with van der Waals surface area (Å²) in [4.78, 5) is 30.8. The molecule has 1 aliphatic heterocycles. The van der Waals surface area contributed by atoms with Gasteiger partial charge in [0.2, 0.25) is 0 Å². The quantitative estimate of drug-likeness (QED) is 0.482. The predicted molar refractivity (Wildman–Crippen MR) is 123 cm³/mol. The number of ether oxygens (including phenoxy) is 1. The maximum Gasteiger partial charge on any atom is 0.315 e. The van der Waals surface area contributed by atoms with Gasteiger partial charge >= 0.3 is 5.97 Å². The van der Waals surface area contributed by atoms with Crippen LogP contribution in [0.15, 0.2) is 58.7 Å². The van der Waals surface area contributed by atoms with E-state index in [1.165, 1.54) is 7.11 Å². The van der Waals surface area contributed by atoms with Crippen molar-refractivity contribution in [1.29, 1.82) is 0 Å². The van der Waals surface area contributed by atoms with Crippen LogP contribution in [0, 0.1) is 5.92 Å². The van der Waals surface area contributed by atoms with Crippen molar-refractivity contribution in [1.82, 2.24) is 0 Å². The van der Waals surface area contributed by atoms with Crippen molar-refractivity contribution >= 4 is 52.3 Å². The Kier molecular flexibility index (Phi) is 6.25. The lowest BCUT2D eigenvalue weighted by Crippen LogP contribution is -2.37. The van der Waals surface area contributed by atoms with E-state index >= 15 is 0 Å². The molecule has 31 heavy (non-hydrogen) atoms. The number of Topliss-reactive ketones (excluding diaryl/α,β-unsaturated/α-hetero) is 1. The highest BCUT2D eigenvalue weighted by Gasteiger charge is 2.44. The molecule has 0 amide bonds. The molecule has 1 aliphatic carbocycles. The molecule has 4 rings (SSSR count). The van der Waals surface area contributed by atoms with Crippen molar-refractivity contribution < 1.29 is 14.3 Å². The monoisotopic (exact) mass is 475 g/mol. The summed E-state index contributed by atoms with van der Waals surface area (Å²) in [7, 11) is 1.34. The molecule has 0 fully saturated rings. The van der Waals surface area contributed by atoms with Crippen LogP contribution >= 0.6 is 34.8 Å². The van der Waals surface area contributed by atoms with Crippen LogP contribution in [0.3, 0.4) is 0 Å². The summed E-state index contributed by atoms with van der Waals surface area (Å²) < 4.78 is 5.06. The molecule has 2 aromatic carbocycles. The number of ketones is 1. The number of halogens is 3. The summed E-state index contributed by atoms with van der Waals surface area (Å²) in [5, 5.41) is 1.43. The number of carbonyl (C=O) groups excluding carboxylic acids is 2. The molecule has 1 heterocycles. The first-order chi connectivity index (χ1) is 14.8. The van der Waals surface area contributed by atoms with Crippen LogP contribution in [0.25, 0.3) is 0 Å². The summed E-state index contributed by atoms with van der Waals surface area (Å²) in [6.45, 7) is 1.80. The highest BCUT2D eigenvalue weighted by molar-refractivity contribution is 6.42. The van der Waals surface area contributed by atoms with Gasteiger partial charge in [0.1, 0.15) is 5.92 Å². The van der Waals surface area contributed by atoms with Crippen molar-refractivity contribution in [3.63, 3.8) is 0 Å². The van der Waals surface area contributed by atoms with Crippen molar-refractivity contribution in [3.05, 3.63) is 79.9 Å². The van der Waals surface area contributed by atoms with Crippen LogP contribution < -0.4 is 0 Å². The van der Waals surface area contributed by atoms with Gasteiger partial charge in [-0.3, -0.25) is 14.6 Å². The Labute approximate surface area is 195 Å². The predicted octanol–water partition coefficient (Wildman–Crippen LogP) is 6.39. The minimum atomic E-state index is -0.697. The van der Waals surface area contributed by atoms with E-state index in [1.54, 1.807) is 25.1 Å². The summed E-state index contributed by atoms with van der Waals surface area (Å²) >= 11 is 18.4. The number of nitrogens with zero attached hydrogens (tertiary/aromatic N) is 1. The fourth-order valence-electron chi connectivity index (χ4n) is 4.53. The molecule has 4 nitrogen and oxygen atoms in total. The van der Waals surface area contributed by atoms with Gasteiger partial charge in [0.25, 0.3) is 0 Å². The number of esters is 1. The maximum absolute atomic E-state index is 13.4. The largest absolute Gasteiger partial charge is 0.468 e. The zero-order valence-electron chi connectivity index (χ0n) is 17.0. The summed E-state index contributed by atoms with van der Waals surface area (Å²) in [6.07, 6.45) is 0.937. The molecule has 0 aromatic heterocycles. The standard InChI is InChI=1S/C24H20Cl3NO3/c1-12-21(24(30)31-2)22(14-5-8-17(26)18(27)9-14)23-19(28-12)10-15(11-20(23)29)13-3-6-16(25)7-4-13/h3-9,15,21-22H,10-11H2,1-2H3/t15-,21?,22-/m1/s1. The minimum Gasteiger partial charge on any atom is -0.468 e. The van der Waals surface area contributed by atoms with Gasteiger partial charge < -0.3 is 4.74 Å². The molecule has 0 N–H and O–H groups in total. The van der Waals surface area contributed by atoms with E-state index in [4.69, 9.17) is 44.5 Å². The second-order valence-electron chi connectivity index (χ2n) is 7.85. The maximum atomic E-state index is 13.4. The number of benzene rings is 2. The molecule has 0 spiro atoms. The molecule has 3 atom stereocenters. The molecule has 7 heteroatoms. The Morgan fingerprint density at radius 2 is 1.68 bits per heavy atom. The number of carbonyl (C=O) groups is 2. The van der Waals surface area contributed by atoms with Gasteiger partial charge in [-0.2, -0.15) is 0 Å². The Hall–Kier alpha value is -2.14. The molecule has 0 saturated heterocycles. The third kappa shape index (κ3) is 4.17. The van der Waals surface area contributed by atoms with Gasteiger partial charge in [0, 0.05) is 34.3 Å². The van der Waals surface area contributed by atoms with E-state index in [2.05, 4.69) is 0 Å². The van der Waals surface area contributed by atoms with Gasteiger partial charge in [-0.1, -0.05) is 53.0 Å². The Morgan fingerprint density at radius 1 is 1.00 bits per heavy atom. The number of rotatable bonds is 3. The van der Waals surface area contributed by atoms with Crippen LogP contribution in [0.4, 0.5) is 0 Å². The lowest BCUT2D eigenvalue weighted by Gasteiger charge is -2.36. The minimum absolute atomic E-state index is 0.00389. The molecular weight excluding hydrogens is 457 g/mol. The summed E-state index contributed by atoms with van der Waals surface area (Å²) in [6, 6.07) is 12.7. The molecule has 160 valence electrons. The van der Waals surface area contributed by atoms with Crippen LogP contribution in [0.5, 0.6) is 0 Å². The zero-order valence-corrected chi connectivity index (χ0v) is 19.3. The molecule has 1 unspecified atom stereocenters. The first-order valence-electron chi connectivity index (χ1n) is 9.89. The smallest absolute Gasteiger partial charge is 0.315 e. The lowest BCUT2D eigenvalue weighted by atomic mass is 9.69. The molecule has 0 bridgehead atoms. The van der Waals surface area contributed by atoms with Crippen LogP contribution in [-0.4, -0.2) is 24.6 Å². The number of aliphatic imine (C=N–C) groups is 1. The molecule has 2 aliphatic rings. The summed E-state index contributed by atoms with van der Waals surface area (Å²) in [5.74, 6) is -1.67. The SMILES string of the molecule is COC(=O)C1C(C)=NC2=C(C(=O)C[C@H](c3ccc(Cl)cc3)C2)[C@@H]1c1ccc(Cl)c(Cl)c1. The molecule has 0 saturated carbocycles. The van der Waals surface area contributed by atoms with Gasteiger partial charge in [0.05, 0.1) is 17.2 Å².